The Bertz CT molecular complexity index is 1100. The van der Waals surface area contributed by atoms with Gasteiger partial charge in [-0.05, 0) is 55.7 Å². The molecule has 4 rings (SSSR count). The van der Waals surface area contributed by atoms with Gasteiger partial charge >= 0.3 is 0 Å². The predicted molar refractivity (Wildman–Crippen MR) is 128 cm³/mol. The normalized spacial score (nSPS) is 15.8. The third kappa shape index (κ3) is 5.86. The van der Waals surface area contributed by atoms with E-state index in [1.165, 1.54) is 18.1 Å². The first-order valence-electron chi connectivity index (χ1n) is 10.8. The van der Waals surface area contributed by atoms with Gasteiger partial charge in [0.25, 0.3) is 0 Å². The number of amides is 1. The molecule has 0 bridgehead atoms. The Labute approximate surface area is 183 Å². The number of carbonyl (C=O) groups excluding carboxylic acids is 1. The molecule has 2 aromatic carbocycles. The maximum absolute atomic E-state index is 12.9. The molecule has 0 aliphatic carbocycles. The minimum Gasteiger partial charge on any atom is -0.457 e. The van der Waals surface area contributed by atoms with Crippen LogP contribution in [0, 0.1) is 6.92 Å². The molecule has 0 saturated carbocycles. The first-order chi connectivity index (χ1) is 15.0. The summed E-state index contributed by atoms with van der Waals surface area (Å²) in [6.07, 6.45) is 8.90. The number of carbonyl (C=O) groups is 1. The molecule has 1 aromatic heterocycles. The highest BCUT2D eigenvalue weighted by atomic mass is 31.2. The van der Waals surface area contributed by atoms with Gasteiger partial charge in [-0.3, -0.25) is 4.79 Å². The Morgan fingerprint density at radius 1 is 0.968 bits per heavy atom. The number of nitrogens with one attached hydrogen (secondary N) is 1. The zero-order valence-corrected chi connectivity index (χ0v) is 18.7. The van der Waals surface area contributed by atoms with E-state index >= 15 is 0 Å². The molecule has 4 nitrogen and oxygen atoms in total. The zero-order chi connectivity index (χ0) is 21.7. The smallest absolute Gasteiger partial charge is 0.248 e. The van der Waals surface area contributed by atoms with Crippen molar-refractivity contribution in [3.8, 4) is 11.3 Å². The second-order valence-corrected chi connectivity index (χ2v) is 11.6. The maximum atomic E-state index is 12.9. The van der Waals surface area contributed by atoms with Crippen LogP contribution in [0.2, 0.25) is 0 Å². The number of hydrogen-bond donors (Lipinski definition) is 1. The molecule has 3 aromatic rings. The lowest BCUT2D eigenvalue weighted by molar-refractivity contribution is -0.111. The maximum Gasteiger partial charge on any atom is 0.248 e. The summed E-state index contributed by atoms with van der Waals surface area (Å²) < 4.78 is 18.7. The number of aryl methyl sites for hydroxylation is 1. The van der Waals surface area contributed by atoms with E-state index in [9.17, 15) is 9.36 Å². The van der Waals surface area contributed by atoms with Crippen molar-refractivity contribution in [2.24, 2.45) is 0 Å². The molecule has 0 spiro atoms. The second kappa shape index (κ2) is 9.53. The summed E-state index contributed by atoms with van der Waals surface area (Å²) in [5.41, 5.74) is 4.01. The van der Waals surface area contributed by atoms with Crippen LogP contribution in [0.25, 0.3) is 17.4 Å². The summed E-state index contributed by atoms with van der Waals surface area (Å²) in [4.78, 5) is 12.3. The van der Waals surface area contributed by atoms with Crippen LogP contribution in [0.3, 0.4) is 0 Å². The Morgan fingerprint density at radius 3 is 2.39 bits per heavy atom. The molecule has 0 radical (unpaired) electrons. The molecule has 1 aliphatic rings. The standard InChI is InChI=1S/C26H28NO3P/c1-20-5-9-22(10-6-20)25-15-13-24(30-25)14-16-26(28)27-23-11-7-21(8-12-23)19-31(29)17-3-2-4-18-31/h5-16H,2-4,17-19H2,1H3,(H,27,28)/b16-14+. The zero-order valence-electron chi connectivity index (χ0n) is 17.8. The third-order valence-electron chi connectivity index (χ3n) is 5.69. The molecule has 160 valence electrons. The lowest BCUT2D eigenvalue weighted by Crippen LogP contribution is -2.08. The summed E-state index contributed by atoms with van der Waals surface area (Å²) in [6, 6.07) is 19.5. The molecule has 1 amide bonds. The van der Waals surface area contributed by atoms with Gasteiger partial charge in [0, 0.05) is 35.8 Å². The summed E-state index contributed by atoms with van der Waals surface area (Å²) >= 11 is 0. The van der Waals surface area contributed by atoms with Crippen molar-refractivity contribution >= 4 is 24.8 Å². The average Bonchev–Trinajstić information content (AvgIpc) is 3.24. The van der Waals surface area contributed by atoms with Gasteiger partial charge < -0.3 is 14.3 Å². The van der Waals surface area contributed by atoms with Gasteiger partial charge in [-0.1, -0.05) is 48.4 Å². The molecule has 1 saturated heterocycles. The summed E-state index contributed by atoms with van der Waals surface area (Å²) in [5, 5.41) is 2.86. The molecule has 5 heteroatoms. The van der Waals surface area contributed by atoms with Crippen LogP contribution in [0.4, 0.5) is 5.69 Å². The largest absolute Gasteiger partial charge is 0.457 e. The van der Waals surface area contributed by atoms with Crippen LogP contribution in [0.1, 0.15) is 36.1 Å². The van der Waals surface area contributed by atoms with Crippen molar-refractivity contribution in [2.75, 3.05) is 17.6 Å². The SMILES string of the molecule is Cc1ccc(-c2ccc(/C=C/C(=O)Nc3ccc(CP4(=O)CCCCC4)cc3)o2)cc1. The van der Waals surface area contributed by atoms with E-state index in [1.54, 1.807) is 6.08 Å². The molecule has 1 aliphatic heterocycles. The second-order valence-electron chi connectivity index (χ2n) is 8.31. The Morgan fingerprint density at radius 2 is 1.68 bits per heavy atom. The third-order valence-corrected chi connectivity index (χ3v) is 8.89. The van der Waals surface area contributed by atoms with Gasteiger partial charge in [0.05, 0.1) is 7.14 Å². The van der Waals surface area contributed by atoms with E-state index in [-0.39, 0.29) is 5.91 Å². The van der Waals surface area contributed by atoms with Crippen LogP contribution in [-0.2, 0) is 15.5 Å². The average molecular weight is 433 g/mol. The fraction of sp³-hybridized carbons (Fsp3) is 0.269. The van der Waals surface area contributed by atoms with Gasteiger partial charge in [0.2, 0.25) is 5.91 Å². The Balaban J connectivity index is 1.33. The fourth-order valence-corrected chi connectivity index (χ4v) is 6.95. The van der Waals surface area contributed by atoms with Crippen molar-refractivity contribution < 1.29 is 13.8 Å². The fourth-order valence-electron chi connectivity index (χ4n) is 3.93. The van der Waals surface area contributed by atoms with E-state index in [0.717, 1.165) is 47.7 Å². The van der Waals surface area contributed by atoms with Crippen molar-refractivity contribution in [1.29, 1.82) is 0 Å². The van der Waals surface area contributed by atoms with Crippen LogP contribution < -0.4 is 5.32 Å². The summed E-state index contributed by atoms with van der Waals surface area (Å²) in [5.74, 6) is 1.17. The highest BCUT2D eigenvalue weighted by molar-refractivity contribution is 7.63. The number of benzene rings is 2. The van der Waals surface area contributed by atoms with E-state index in [0.29, 0.717) is 11.9 Å². The quantitative estimate of drug-likeness (QED) is 0.338. The minimum absolute atomic E-state index is 0.221. The first-order valence-corrected chi connectivity index (χ1v) is 13.1. The van der Waals surface area contributed by atoms with Gasteiger partial charge in [0.1, 0.15) is 11.5 Å². The minimum atomic E-state index is -2.05. The van der Waals surface area contributed by atoms with Gasteiger partial charge in [0.15, 0.2) is 0 Å². The predicted octanol–water partition coefficient (Wildman–Crippen LogP) is 6.95. The van der Waals surface area contributed by atoms with E-state index in [2.05, 4.69) is 5.32 Å². The molecule has 0 unspecified atom stereocenters. The van der Waals surface area contributed by atoms with Crippen LogP contribution in [0.15, 0.2) is 71.2 Å². The van der Waals surface area contributed by atoms with Crippen molar-refractivity contribution in [2.45, 2.75) is 32.3 Å². The molecular weight excluding hydrogens is 405 g/mol. The number of rotatable bonds is 6. The summed E-state index contributed by atoms with van der Waals surface area (Å²) in [7, 11) is -2.05. The number of anilines is 1. The van der Waals surface area contributed by atoms with E-state index in [4.69, 9.17) is 4.42 Å². The van der Waals surface area contributed by atoms with Crippen LogP contribution in [-0.4, -0.2) is 18.2 Å². The lowest BCUT2D eigenvalue weighted by atomic mass is 10.1. The first kappa shape index (κ1) is 21.4. The number of hydrogen-bond acceptors (Lipinski definition) is 3. The van der Waals surface area contributed by atoms with Crippen LogP contribution >= 0.6 is 7.14 Å². The van der Waals surface area contributed by atoms with Crippen molar-refractivity contribution in [3.63, 3.8) is 0 Å². The number of furan rings is 1. The van der Waals surface area contributed by atoms with Gasteiger partial charge in [-0.15, -0.1) is 0 Å². The molecule has 2 heterocycles. The molecule has 1 N–H and O–H groups in total. The Kier molecular flexibility index (Phi) is 6.58. The van der Waals surface area contributed by atoms with Gasteiger partial charge in [-0.25, -0.2) is 0 Å². The summed E-state index contributed by atoms with van der Waals surface area (Å²) in [6.45, 7) is 2.05. The highest BCUT2D eigenvalue weighted by Crippen LogP contribution is 2.53. The topological polar surface area (TPSA) is 59.3 Å². The lowest BCUT2D eigenvalue weighted by Gasteiger charge is -2.22. The molecule has 31 heavy (non-hydrogen) atoms. The Hall–Kier alpha value is -2.84. The highest BCUT2D eigenvalue weighted by Gasteiger charge is 2.24. The molecular formula is C26H28NO3P. The molecule has 1 fully saturated rings. The van der Waals surface area contributed by atoms with Crippen molar-refractivity contribution in [3.05, 3.63) is 83.6 Å². The van der Waals surface area contributed by atoms with Crippen LogP contribution in [0.5, 0.6) is 0 Å². The monoisotopic (exact) mass is 433 g/mol. The van der Waals surface area contributed by atoms with Gasteiger partial charge in [-0.2, -0.15) is 0 Å². The van der Waals surface area contributed by atoms with Crippen molar-refractivity contribution in [1.82, 2.24) is 0 Å². The van der Waals surface area contributed by atoms with E-state index in [1.807, 2.05) is 67.6 Å². The van der Waals surface area contributed by atoms with E-state index < -0.39 is 7.14 Å². The molecule has 0 atom stereocenters.